The minimum atomic E-state index is 0.588. The van der Waals surface area contributed by atoms with Gasteiger partial charge in [0, 0.05) is 70.5 Å². The van der Waals surface area contributed by atoms with Crippen molar-refractivity contribution in [3.05, 3.63) is 206 Å². The lowest BCUT2D eigenvalue weighted by Crippen LogP contribution is -2.10. The molecule has 0 N–H and O–H groups in total. The van der Waals surface area contributed by atoms with Crippen molar-refractivity contribution in [3.63, 3.8) is 0 Å². The Morgan fingerprint density at radius 1 is 0.377 bits per heavy atom. The SMILES string of the molecule is c1ccc(-c2nc(-c3ccccc3)nc(-c3cccc4oc5cc(N(c6ccccc6)c6cccc(-c7cccc8c7sc7ccccc78)c6)c6ccccc6c5c34)n2)cc1. The summed E-state index contributed by atoms with van der Waals surface area (Å²) < 4.78 is 9.48. The molecule has 0 fully saturated rings. The van der Waals surface area contributed by atoms with Crippen LogP contribution in [0.2, 0.25) is 0 Å². The third-order valence-corrected chi connectivity index (χ3v) is 12.7. The largest absolute Gasteiger partial charge is 0.456 e. The van der Waals surface area contributed by atoms with Gasteiger partial charge < -0.3 is 9.32 Å². The van der Waals surface area contributed by atoms with E-state index in [-0.39, 0.29) is 0 Å². The summed E-state index contributed by atoms with van der Waals surface area (Å²) in [6, 6.07) is 72.1. The molecule has 0 aliphatic heterocycles. The van der Waals surface area contributed by atoms with Crippen molar-refractivity contribution in [1.29, 1.82) is 0 Å². The van der Waals surface area contributed by atoms with Crippen molar-refractivity contribution >= 4 is 81.3 Å². The van der Waals surface area contributed by atoms with E-state index in [1.165, 1.54) is 25.7 Å². The minimum Gasteiger partial charge on any atom is -0.456 e. The van der Waals surface area contributed by atoms with Gasteiger partial charge >= 0.3 is 0 Å². The first kappa shape index (κ1) is 35.1. The normalized spacial score (nSPS) is 11.6. The first-order chi connectivity index (χ1) is 30.2. The van der Waals surface area contributed by atoms with Crippen LogP contribution in [0.5, 0.6) is 0 Å². The lowest BCUT2D eigenvalue weighted by atomic mass is 9.98. The molecule has 0 unspecified atom stereocenters. The van der Waals surface area contributed by atoms with E-state index in [0.29, 0.717) is 17.5 Å². The molecule has 12 rings (SSSR count). The molecule has 3 heterocycles. The van der Waals surface area contributed by atoms with Gasteiger partial charge in [0.05, 0.1) is 5.69 Å². The van der Waals surface area contributed by atoms with Crippen molar-refractivity contribution in [3.8, 4) is 45.3 Å². The lowest BCUT2D eigenvalue weighted by Gasteiger charge is -2.27. The molecule has 0 aliphatic carbocycles. The van der Waals surface area contributed by atoms with Crippen LogP contribution in [-0.4, -0.2) is 15.0 Å². The number of rotatable bonds is 7. The number of fused-ring (bicyclic) bond motifs is 8. The van der Waals surface area contributed by atoms with Crippen LogP contribution < -0.4 is 4.90 Å². The summed E-state index contributed by atoms with van der Waals surface area (Å²) in [4.78, 5) is 17.6. The zero-order chi connectivity index (χ0) is 40.3. The van der Waals surface area contributed by atoms with Gasteiger partial charge in [0.15, 0.2) is 17.5 Å². The van der Waals surface area contributed by atoms with E-state index in [4.69, 9.17) is 19.4 Å². The van der Waals surface area contributed by atoms with E-state index >= 15 is 0 Å². The van der Waals surface area contributed by atoms with Gasteiger partial charge in [0.1, 0.15) is 11.2 Å². The van der Waals surface area contributed by atoms with Crippen LogP contribution >= 0.6 is 11.3 Å². The Bertz CT molecular complexity index is 3540. The maximum absolute atomic E-state index is 6.89. The molecular weight excluding hydrogens is 765 g/mol. The number of aromatic nitrogens is 3. The van der Waals surface area contributed by atoms with Gasteiger partial charge in [0.25, 0.3) is 0 Å². The van der Waals surface area contributed by atoms with E-state index in [1.807, 2.05) is 84.1 Å². The van der Waals surface area contributed by atoms with Crippen molar-refractivity contribution in [1.82, 2.24) is 15.0 Å². The molecule has 0 atom stereocenters. The van der Waals surface area contributed by atoms with Gasteiger partial charge in [0.2, 0.25) is 0 Å². The van der Waals surface area contributed by atoms with Crippen LogP contribution in [0.1, 0.15) is 0 Å². The van der Waals surface area contributed by atoms with E-state index in [0.717, 1.165) is 72.0 Å². The Balaban J connectivity index is 1.07. The number of hydrogen-bond donors (Lipinski definition) is 0. The molecule has 0 bridgehead atoms. The Morgan fingerprint density at radius 3 is 1.69 bits per heavy atom. The lowest BCUT2D eigenvalue weighted by molar-refractivity contribution is 0.669. The molecule has 9 aromatic carbocycles. The van der Waals surface area contributed by atoms with Crippen LogP contribution in [-0.2, 0) is 0 Å². The Kier molecular flexibility index (Phi) is 8.28. The number of hydrogen-bond acceptors (Lipinski definition) is 6. The van der Waals surface area contributed by atoms with E-state index < -0.39 is 0 Å². The molecular formula is C55H34N4OS. The molecule has 6 heteroatoms. The number of furan rings is 1. The van der Waals surface area contributed by atoms with Crippen LogP contribution in [0.3, 0.4) is 0 Å². The van der Waals surface area contributed by atoms with Crippen molar-refractivity contribution in [2.24, 2.45) is 0 Å². The summed E-state index contributed by atoms with van der Waals surface area (Å²) in [5, 5.41) is 6.74. The monoisotopic (exact) mass is 798 g/mol. The second-order valence-electron chi connectivity index (χ2n) is 15.1. The Morgan fingerprint density at radius 2 is 0.934 bits per heavy atom. The molecule has 0 saturated heterocycles. The fourth-order valence-electron chi connectivity index (χ4n) is 8.75. The highest BCUT2D eigenvalue weighted by Crippen LogP contribution is 2.47. The third-order valence-electron chi connectivity index (χ3n) is 11.5. The van der Waals surface area contributed by atoms with Crippen molar-refractivity contribution in [2.75, 3.05) is 4.90 Å². The molecule has 286 valence electrons. The average Bonchev–Trinajstić information content (AvgIpc) is 3.91. The van der Waals surface area contributed by atoms with E-state index in [2.05, 4.69) is 138 Å². The first-order valence-corrected chi connectivity index (χ1v) is 21.2. The standard InChI is InChI=1S/C55H34N4OS/c1-4-17-35(18-5-1)53-56-54(36-19-6-2-7-20-36)58-55(57-53)45-30-16-31-47-51(45)50-43-27-11-10-25-41(43)46(34-48(50)60-47)59(38-22-8-3-9-23-38)39-24-14-21-37(33-39)40-28-15-29-44-42-26-12-13-32-49(42)61-52(40)44/h1-34H. The second kappa shape index (κ2) is 14.4. The minimum absolute atomic E-state index is 0.588. The zero-order valence-electron chi connectivity index (χ0n) is 32.7. The summed E-state index contributed by atoms with van der Waals surface area (Å²) in [5.41, 5.74) is 9.79. The summed E-state index contributed by atoms with van der Waals surface area (Å²) in [7, 11) is 0. The van der Waals surface area contributed by atoms with Gasteiger partial charge in [-0.25, -0.2) is 15.0 Å². The highest BCUT2D eigenvalue weighted by atomic mass is 32.1. The molecule has 0 spiro atoms. The number of nitrogens with zero attached hydrogens (tertiary/aromatic N) is 4. The maximum Gasteiger partial charge on any atom is 0.164 e. The van der Waals surface area contributed by atoms with Gasteiger partial charge in [-0.05, 0) is 52.9 Å². The fourth-order valence-corrected chi connectivity index (χ4v) is 9.99. The van der Waals surface area contributed by atoms with Gasteiger partial charge in [-0.2, -0.15) is 0 Å². The summed E-state index contributed by atoms with van der Waals surface area (Å²) in [6.07, 6.45) is 0. The van der Waals surface area contributed by atoms with E-state index in [1.54, 1.807) is 0 Å². The average molecular weight is 799 g/mol. The number of anilines is 3. The predicted octanol–water partition coefficient (Wildman–Crippen LogP) is 15.4. The van der Waals surface area contributed by atoms with Gasteiger partial charge in [-0.3, -0.25) is 0 Å². The zero-order valence-corrected chi connectivity index (χ0v) is 33.6. The van der Waals surface area contributed by atoms with Crippen molar-refractivity contribution < 1.29 is 4.42 Å². The maximum atomic E-state index is 6.89. The molecule has 61 heavy (non-hydrogen) atoms. The topological polar surface area (TPSA) is 55.1 Å². The summed E-state index contributed by atoms with van der Waals surface area (Å²) >= 11 is 1.86. The molecule has 5 nitrogen and oxygen atoms in total. The Labute approximate surface area is 355 Å². The fraction of sp³-hybridized carbons (Fsp3) is 0. The first-order valence-electron chi connectivity index (χ1n) is 20.4. The van der Waals surface area contributed by atoms with Crippen LogP contribution in [0.4, 0.5) is 17.1 Å². The molecule has 0 amide bonds. The number of thiophene rings is 1. The van der Waals surface area contributed by atoms with E-state index in [9.17, 15) is 0 Å². The Hall–Kier alpha value is -7.93. The van der Waals surface area contributed by atoms with Crippen molar-refractivity contribution in [2.45, 2.75) is 0 Å². The predicted molar refractivity (Wildman–Crippen MR) is 254 cm³/mol. The highest BCUT2D eigenvalue weighted by Gasteiger charge is 2.24. The number of benzene rings is 9. The summed E-state index contributed by atoms with van der Waals surface area (Å²) in [5.74, 6) is 1.82. The van der Waals surface area contributed by atoms with Gasteiger partial charge in [-0.15, -0.1) is 11.3 Å². The molecule has 0 radical (unpaired) electrons. The van der Waals surface area contributed by atoms with Crippen LogP contribution in [0, 0.1) is 0 Å². The van der Waals surface area contributed by atoms with Crippen LogP contribution in [0.15, 0.2) is 211 Å². The van der Waals surface area contributed by atoms with Crippen LogP contribution in [0.25, 0.3) is 98.2 Å². The second-order valence-corrected chi connectivity index (χ2v) is 16.2. The van der Waals surface area contributed by atoms with Gasteiger partial charge in [-0.1, -0.05) is 164 Å². The highest BCUT2D eigenvalue weighted by molar-refractivity contribution is 7.26. The molecule has 12 aromatic rings. The molecule has 0 aliphatic rings. The molecule has 3 aromatic heterocycles. The number of para-hydroxylation sites is 1. The summed E-state index contributed by atoms with van der Waals surface area (Å²) in [6.45, 7) is 0. The smallest absolute Gasteiger partial charge is 0.164 e. The molecule has 0 saturated carbocycles. The third kappa shape index (κ3) is 5.95. The quantitative estimate of drug-likeness (QED) is 0.161.